The summed E-state index contributed by atoms with van der Waals surface area (Å²) in [4.78, 5) is 18.5. The number of nitrogens with zero attached hydrogens (tertiary/aromatic N) is 6. The number of carbonyl (C=O) groups excluding carboxylic acids is 1. The van der Waals surface area contributed by atoms with Crippen LogP contribution in [-0.4, -0.2) is 31.1 Å². The SMILES string of the molecule is CC(=O)N(c1ccccc1)c1nc(CSc2nnnn2-c2ccc(C)cc2C)cs1. The smallest absolute Gasteiger partial charge is 0.230 e. The van der Waals surface area contributed by atoms with Crippen LogP contribution in [0, 0.1) is 13.8 Å². The zero-order valence-electron chi connectivity index (χ0n) is 16.8. The molecule has 0 N–H and O–H groups in total. The van der Waals surface area contributed by atoms with Gasteiger partial charge in [0.25, 0.3) is 0 Å². The van der Waals surface area contributed by atoms with Crippen molar-refractivity contribution in [3.8, 4) is 5.69 Å². The lowest BCUT2D eigenvalue weighted by atomic mass is 10.1. The Morgan fingerprint density at radius 2 is 1.97 bits per heavy atom. The molecule has 0 aliphatic heterocycles. The van der Waals surface area contributed by atoms with Gasteiger partial charge in [0.1, 0.15) is 0 Å². The molecule has 0 aliphatic rings. The molecule has 0 spiro atoms. The molecule has 2 heterocycles. The minimum Gasteiger partial charge on any atom is -0.274 e. The van der Waals surface area contributed by atoms with Gasteiger partial charge in [-0.05, 0) is 48.0 Å². The van der Waals surface area contributed by atoms with Crippen molar-refractivity contribution in [2.24, 2.45) is 0 Å². The van der Waals surface area contributed by atoms with Gasteiger partial charge in [-0.2, -0.15) is 4.68 Å². The molecule has 7 nitrogen and oxygen atoms in total. The first-order valence-electron chi connectivity index (χ1n) is 9.32. The number of tetrazole rings is 1. The first kappa shape index (κ1) is 20.2. The lowest BCUT2D eigenvalue weighted by Crippen LogP contribution is -2.22. The number of aryl methyl sites for hydroxylation is 2. The van der Waals surface area contributed by atoms with E-state index < -0.39 is 0 Å². The third-order valence-electron chi connectivity index (χ3n) is 4.43. The highest BCUT2D eigenvalue weighted by Crippen LogP contribution is 2.31. The molecule has 30 heavy (non-hydrogen) atoms. The van der Waals surface area contributed by atoms with Gasteiger partial charge in [0.2, 0.25) is 11.1 Å². The second-order valence-corrected chi connectivity index (χ2v) is 8.54. The predicted octanol–water partition coefficient (Wildman–Crippen LogP) is 4.71. The van der Waals surface area contributed by atoms with Gasteiger partial charge in [-0.3, -0.25) is 9.69 Å². The van der Waals surface area contributed by atoms with Crippen LogP contribution in [-0.2, 0) is 10.5 Å². The summed E-state index contributed by atoms with van der Waals surface area (Å²) >= 11 is 2.96. The van der Waals surface area contributed by atoms with Crippen molar-refractivity contribution >= 4 is 39.8 Å². The van der Waals surface area contributed by atoms with E-state index >= 15 is 0 Å². The molecule has 1 amide bonds. The van der Waals surface area contributed by atoms with Crippen LogP contribution in [0.2, 0.25) is 0 Å². The third kappa shape index (κ3) is 4.27. The molecule has 152 valence electrons. The van der Waals surface area contributed by atoms with Gasteiger partial charge in [-0.1, -0.05) is 47.7 Å². The van der Waals surface area contributed by atoms with Crippen LogP contribution in [0.5, 0.6) is 0 Å². The Balaban J connectivity index is 1.52. The van der Waals surface area contributed by atoms with E-state index in [1.807, 2.05) is 54.8 Å². The molecule has 0 saturated heterocycles. The monoisotopic (exact) mass is 436 g/mol. The van der Waals surface area contributed by atoms with E-state index in [1.165, 1.54) is 28.7 Å². The second kappa shape index (κ2) is 8.76. The zero-order chi connectivity index (χ0) is 21.1. The van der Waals surface area contributed by atoms with Crippen LogP contribution < -0.4 is 4.90 Å². The summed E-state index contributed by atoms with van der Waals surface area (Å²) in [6.07, 6.45) is 0. The van der Waals surface area contributed by atoms with Gasteiger partial charge >= 0.3 is 0 Å². The Kier molecular flexibility index (Phi) is 5.91. The minimum atomic E-state index is -0.0754. The second-order valence-electron chi connectivity index (χ2n) is 6.76. The summed E-state index contributed by atoms with van der Waals surface area (Å²) in [5.41, 5.74) is 4.94. The summed E-state index contributed by atoms with van der Waals surface area (Å²) in [5, 5.41) is 15.5. The Hall–Kier alpha value is -3.04. The number of amides is 1. The van der Waals surface area contributed by atoms with Crippen LogP contribution in [0.4, 0.5) is 10.8 Å². The number of thiazole rings is 1. The Bertz CT molecular complexity index is 1170. The molecule has 0 unspecified atom stereocenters. The average molecular weight is 437 g/mol. The molecule has 0 fully saturated rings. The number of benzene rings is 2. The number of hydrogen-bond donors (Lipinski definition) is 0. The topological polar surface area (TPSA) is 76.8 Å². The van der Waals surface area contributed by atoms with E-state index in [4.69, 9.17) is 0 Å². The van der Waals surface area contributed by atoms with Gasteiger partial charge in [0.15, 0.2) is 5.13 Å². The summed E-state index contributed by atoms with van der Waals surface area (Å²) in [5.74, 6) is 0.524. The standard InChI is InChI=1S/C21H20N6OS2/c1-14-9-10-19(15(2)11-14)27-21(23-24-25-27)30-13-17-12-29-20(22-17)26(16(3)28)18-7-5-4-6-8-18/h4-12H,13H2,1-3H3. The summed E-state index contributed by atoms with van der Waals surface area (Å²) < 4.78 is 1.75. The fourth-order valence-corrected chi connectivity index (χ4v) is 4.84. The van der Waals surface area contributed by atoms with Gasteiger partial charge in [-0.25, -0.2) is 4.98 Å². The molecule has 0 bridgehead atoms. The molecule has 0 atom stereocenters. The number of thioether (sulfide) groups is 1. The van der Waals surface area contributed by atoms with E-state index in [0.29, 0.717) is 16.0 Å². The molecule has 2 aromatic carbocycles. The fraction of sp³-hybridized carbons (Fsp3) is 0.190. The summed E-state index contributed by atoms with van der Waals surface area (Å²) in [7, 11) is 0. The van der Waals surface area contributed by atoms with E-state index in [9.17, 15) is 4.79 Å². The van der Waals surface area contributed by atoms with Crippen molar-refractivity contribution < 1.29 is 4.79 Å². The number of anilines is 2. The lowest BCUT2D eigenvalue weighted by molar-refractivity contribution is -0.115. The molecule has 2 aromatic heterocycles. The van der Waals surface area contributed by atoms with Crippen LogP contribution in [0.25, 0.3) is 5.69 Å². The quantitative estimate of drug-likeness (QED) is 0.407. The van der Waals surface area contributed by atoms with E-state index in [-0.39, 0.29) is 5.91 Å². The van der Waals surface area contributed by atoms with Crippen molar-refractivity contribution in [1.82, 2.24) is 25.2 Å². The van der Waals surface area contributed by atoms with Crippen molar-refractivity contribution in [2.75, 3.05) is 4.90 Å². The van der Waals surface area contributed by atoms with Gasteiger partial charge in [0, 0.05) is 18.1 Å². The third-order valence-corrected chi connectivity index (χ3v) is 6.26. The molecule has 0 saturated carbocycles. The van der Waals surface area contributed by atoms with Crippen molar-refractivity contribution in [3.05, 3.63) is 70.7 Å². The number of carbonyl (C=O) groups is 1. The van der Waals surface area contributed by atoms with Gasteiger partial charge in [-0.15, -0.1) is 16.4 Å². The number of aromatic nitrogens is 5. The average Bonchev–Trinajstić information content (AvgIpc) is 3.37. The fourth-order valence-electron chi connectivity index (χ4n) is 3.07. The van der Waals surface area contributed by atoms with Crippen molar-refractivity contribution in [3.63, 3.8) is 0 Å². The first-order valence-corrected chi connectivity index (χ1v) is 11.2. The number of rotatable bonds is 6. The van der Waals surface area contributed by atoms with Crippen molar-refractivity contribution in [1.29, 1.82) is 0 Å². The van der Waals surface area contributed by atoms with E-state index in [2.05, 4.69) is 33.5 Å². The van der Waals surface area contributed by atoms with Crippen LogP contribution in [0.15, 0.2) is 59.1 Å². The maximum atomic E-state index is 12.2. The Labute approximate surface area is 182 Å². The Morgan fingerprint density at radius 3 is 2.70 bits per heavy atom. The largest absolute Gasteiger partial charge is 0.274 e. The number of hydrogen-bond acceptors (Lipinski definition) is 7. The van der Waals surface area contributed by atoms with Crippen molar-refractivity contribution in [2.45, 2.75) is 31.7 Å². The zero-order valence-corrected chi connectivity index (χ0v) is 18.4. The lowest BCUT2D eigenvalue weighted by Gasteiger charge is -2.17. The maximum absolute atomic E-state index is 12.2. The van der Waals surface area contributed by atoms with Crippen LogP contribution in [0.3, 0.4) is 0 Å². The normalized spacial score (nSPS) is 10.9. The summed E-state index contributed by atoms with van der Waals surface area (Å²) in [6, 6.07) is 15.7. The molecular weight excluding hydrogens is 416 g/mol. The number of para-hydroxylation sites is 1. The van der Waals surface area contributed by atoms with Crippen LogP contribution in [0.1, 0.15) is 23.7 Å². The molecule has 4 aromatic rings. The highest BCUT2D eigenvalue weighted by Gasteiger charge is 2.18. The summed E-state index contributed by atoms with van der Waals surface area (Å²) in [6.45, 7) is 5.65. The minimum absolute atomic E-state index is 0.0754. The Morgan fingerprint density at radius 1 is 1.17 bits per heavy atom. The van der Waals surface area contributed by atoms with E-state index in [0.717, 1.165) is 22.6 Å². The maximum Gasteiger partial charge on any atom is 0.230 e. The predicted molar refractivity (Wildman–Crippen MR) is 120 cm³/mol. The first-order chi connectivity index (χ1) is 14.5. The highest BCUT2D eigenvalue weighted by molar-refractivity contribution is 7.98. The van der Waals surface area contributed by atoms with E-state index in [1.54, 1.807) is 16.5 Å². The van der Waals surface area contributed by atoms with Gasteiger partial charge in [0.05, 0.1) is 17.1 Å². The molecule has 9 heteroatoms. The highest BCUT2D eigenvalue weighted by atomic mass is 32.2. The van der Waals surface area contributed by atoms with Gasteiger partial charge < -0.3 is 0 Å². The molecule has 0 radical (unpaired) electrons. The molecular formula is C21H20N6OS2. The van der Waals surface area contributed by atoms with Crippen LogP contribution >= 0.6 is 23.1 Å². The molecule has 4 rings (SSSR count). The molecule has 0 aliphatic carbocycles.